The Hall–Kier alpha value is -1.30. The minimum absolute atomic E-state index is 0. The molecule has 0 fully saturated rings. The topological polar surface area (TPSA) is 18.5 Å². The molecule has 50 heavy (non-hydrogen) atoms. The molecule has 3 aliphatic carbocycles. The third kappa shape index (κ3) is 7.68. The van der Waals surface area contributed by atoms with Crippen molar-refractivity contribution in [3.8, 4) is 11.1 Å². The largest absolute Gasteiger partial charge is 2.00 e. The number of hydrogen-bond acceptors (Lipinski definition) is 2. The Morgan fingerprint density at radius 3 is 1.68 bits per heavy atom. The van der Waals surface area contributed by atoms with Gasteiger partial charge in [0.15, 0.2) is 16.6 Å². The van der Waals surface area contributed by atoms with E-state index in [2.05, 4.69) is 139 Å². The zero-order valence-electron chi connectivity index (χ0n) is 31.0. The van der Waals surface area contributed by atoms with Crippen LogP contribution in [0.25, 0.3) is 22.3 Å². The van der Waals surface area contributed by atoms with Gasteiger partial charge < -0.3 is 33.7 Å². The van der Waals surface area contributed by atoms with Crippen LogP contribution < -0.4 is 35.3 Å². The van der Waals surface area contributed by atoms with E-state index in [1.165, 1.54) is 56.4 Å². The molecule has 0 amide bonds. The smallest absolute Gasteiger partial charge is 1.00 e. The molecular weight excluding hydrogens is 767 g/mol. The Balaban J connectivity index is 0.00000225. The van der Waals surface area contributed by atoms with Crippen LogP contribution in [0.2, 0.25) is 36.3 Å². The van der Waals surface area contributed by atoms with Crippen LogP contribution in [0.15, 0.2) is 97.1 Å². The van der Waals surface area contributed by atoms with Gasteiger partial charge in [-0.25, -0.2) is 0 Å². The fourth-order valence-electron chi connectivity index (χ4n) is 9.26. The molecule has 0 aliphatic heterocycles. The molecule has 2 atom stereocenters. The van der Waals surface area contributed by atoms with Crippen molar-refractivity contribution in [2.45, 2.75) is 96.6 Å². The Labute approximate surface area is 336 Å². The van der Waals surface area contributed by atoms with Crippen LogP contribution in [0.4, 0.5) is 0 Å². The van der Waals surface area contributed by atoms with E-state index < -0.39 is 16.6 Å². The first-order valence-corrected chi connectivity index (χ1v) is 23.7. The zero-order valence-corrected chi connectivity index (χ0v) is 37.0. The number of hydrogen-bond donors (Lipinski definition) is 0. The van der Waals surface area contributed by atoms with Crippen LogP contribution in [0.5, 0.6) is 0 Å². The zero-order chi connectivity index (χ0) is 33.1. The minimum atomic E-state index is -1.92. The second-order valence-corrected chi connectivity index (χ2v) is 23.7. The molecule has 3 aromatic carbocycles. The van der Waals surface area contributed by atoms with Crippen LogP contribution in [0.3, 0.4) is 0 Å². The molecule has 3 aromatic rings. The van der Waals surface area contributed by atoms with Crippen molar-refractivity contribution >= 4 is 27.8 Å². The molecule has 0 bridgehead atoms. The molecule has 0 spiro atoms. The summed E-state index contributed by atoms with van der Waals surface area (Å²) in [5.74, 6) is 0.456. The van der Waals surface area contributed by atoms with Gasteiger partial charge in [-0.2, -0.15) is 0 Å². The van der Waals surface area contributed by atoms with Gasteiger partial charge >= 0.3 is 26.2 Å². The molecule has 0 radical (unpaired) electrons. The van der Waals surface area contributed by atoms with Gasteiger partial charge in [-0.05, 0) is 92.9 Å². The Morgan fingerprint density at radius 2 is 1.12 bits per heavy atom. The molecule has 3 aliphatic rings. The molecule has 0 aromatic heterocycles. The van der Waals surface area contributed by atoms with Gasteiger partial charge in [0, 0.05) is 30.5 Å². The van der Waals surface area contributed by atoms with Crippen molar-refractivity contribution in [1.82, 2.24) is 0 Å². The summed E-state index contributed by atoms with van der Waals surface area (Å²) in [6, 6.07) is 34.8. The molecular formula is C43H56Cl2O2Si2Zr. The SMILES string of the molecule is CC[Si](CC)(CC)OCCCC(CO[Si](CC)(CC)CC)(C1=c2ccccc2=C2C=CC=CC21)C1c2ccccc2-c2ccccc21.[Cl-].[Cl-].[Zr+2]. The molecule has 6 rings (SSSR count). The third-order valence-corrected chi connectivity index (χ3v) is 21.8. The van der Waals surface area contributed by atoms with Crippen LogP contribution >= 0.6 is 0 Å². The van der Waals surface area contributed by atoms with Gasteiger partial charge in [-0.3, -0.25) is 0 Å². The van der Waals surface area contributed by atoms with Gasteiger partial charge in [0.2, 0.25) is 0 Å². The van der Waals surface area contributed by atoms with E-state index in [-0.39, 0.29) is 68.3 Å². The maximum atomic E-state index is 7.59. The maximum Gasteiger partial charge on any atom is 2.00 e. The van der Waals surface area contributed by atoms with Crippen molar-refractivity contribution in [3.63, 3.8) is 0 Å². The third-order valence-electron chi connectivity index (χ3n) is 12.5. The summed E-state index contributed by atoms with van der Waals surface area (Å²) in [4.78, 5) is 0. The van der Waals surface area contributed by atoms with E-state index in [9.17, 15) is 0 Å². The number of halogens is 2. The number of fused-ring (bicyclic) bond motifs is 5. The molecule has 0 heterocycles. The van der Waals surface area contributed by atoms with Crippen molar-refractivity contribution in [2.24, 2.45) is 11.3 Å². The van der Waals surface area contributed by atoms with Gasteiger partial charge in [-0.15, -0.1) is 0 Å². The fourth-order valence-corrected chi connectivity index (χ4v) is 14.6. The quantitative estimate of drug-likeness (QED) is 0.158. The first-order chi connectivity index (χ1) is 23.0. The van der Waals surface area contributed by atoms with E-state index in [4.69, 9.17) is 8.85 Å². The molecule has 2 unspecified atom stereocenters. The van der Waals surface area contributed by atoms with Crippen molar-refractivity contribution in [3.05, 3.63) is 119 Å². The van der Waals surface area contributed by atoms with E-state index in [1.807, 2.05) is 0 Å². The van der Waals surface area contributed by atoms with E-state index >= 15 is 0 Å². The summed E-state index contributed by atoms with van der Waals surface area (Å²) in [7, 11) is -3.62. The Morgan fingerprint density at radius 1 is 0.620 bits per heavy atom. The molecule has 0 saturated carbocycles. The average Bonchev–Trinajstić information content (AvgIpc) is 3.66. The predicted molar refractivity (Wildman–Crippen MR) is 206 cm³/mol. The second-order valence-electron chi connectivity index (χ2n) is 14.1. The fraction of sp³-hybridized carbons (Fsp3) is 0.442. The standard InChI is InChI=1S/C43H56O2Si2.2ClH.Zr/c1-7-46(8-2,9-3)44-31-21-30-43(32-45-47(10-4,11-5)12-6,41-37-26-17-13-22-33(37)34-23-14-18-27-38(34)41)42-39-28-19-15-24-35(39)36-25-16-20-29-40(36)42;;;/h13-20,22-29,37,42H,7-12,21,30-32H2,1-6H3;2*1H;/q;;;+2/p-2. The van der Waals surface area contributed by atoms with Gasteiger partial charge in [-0.1, -0.05) is 139 Å². The van der Waals surface area contributed by atoms with E-state index in [0.29, 0.717) is 0 Å². The number of benzene rings is 3. The average molecular weight is 823 g/mol. The Bertz CT molecular complexity index is 1700. The summed E-state index contributed by atoms with van der Waals surface area (Å²) in [6.07, 6.45) is 11.4. The van der Waals surface area contributed by atoms with Crippen molar-refractivity contribution in [2.75, 3.05) is 13.2 Å². The normalized spacial score (nSPS) is 17.1. The molecule has 266 valence electrons. The first-order valence-electron chi connectivity index (χ1n) is 18.6. The second kappa shape index (κ2) is 18.6. The first kappa shape index (κ1) is 43.1. The summed E-state index contributed by atoms with van der Waals surface area (Å²) in [5, 5.41) is 2.82. The number of allylic oxidation sites excluding steroid dienone is 4. The van der Waals surface area contributed by atoms with Crippen LogP contribution in [-0.2, 0) is 35.1 Å². The van der Waals surface area contributed by atoms with E-state index in [0.717, 1.165) is 44.2 Å². The van der Waals surface area contributed by atoms with Crippen molar-refractivity contribution < 1.29 is 59.9 Å². The number of rotatable bonds is 16. The van der Waals surface area contributed by atoms with Crippen LogP contribution in [0, 0.1) is 11.3 Å². The predicted octanol–water partition coefficient (Wildman–Crippen LogP) is 4.37. The Kier molecular flexibility index (Phi) is 16.1. The molecule has 0 saturated heterocycles. The van der Waals surface area contributed by atoms with Crippen LogP contribution in [-0.4, -0.2) is 29.8 Å². The van der Waals surface area contributed by atoms with Gasteiger partial charge in [0.1, 0.15) is 0 Å². The maximum absolute atomic E-state index is 7.59. The molecule has 7 heteroatoms. The van der Waals surface area contributed by atoms with Crippen LogP contribution in [0.1, 0.15) is 71.4 Å². The summed E-state index contributed by atoms with van der Waals surface area (Å²) in [6.45, 7) is 15.8. The summed E-state index contributed by atoms with van der Waals surface area (Å²) < 4.78 is 14.6. The molecule has 0 N–H and O–H groups in total. The van der Waals surface area contributed by atoms with Gasteiger partial charge in [0.05, 0.1) is 0 Å². The monoisotopic (exact) mass is 820 g/mol. The van der Waals surface area contributed by atoms with Crippen molar-refractivity contribution in [1.29, 1.82) is 0 Å². The van der Waals surface area contributed by atoms with E-state index in [1.54, 1.807) is 5.57 Å². The summed E-state index contributed by atoms with van der Waals surface area (Å²) >= 11 is 0. The van der Waals surface area contributed by atoms with Gasteiger partial charge in [0.25, 0.3) is 0 Å². The summed E-state index contributed by atoms with van der Waals surface area (Å²) in [5.41, 5.74) is 8.48. The molecule has 2 nitrogen and oxygen atoms in total. The minimum Gasteiger partial charge on any atom is -1.00 e.